The van der Waals surface area contributed by atoms with E-state index in [0.717, 1.165) is 33.1 Å². The number of carbonyl (C=O) groups is 1. The van der Waals surface area contributed by atoms with Crippen LogP contribution in [0.25, 0.3) is 10.9 Å². The molecule has 1 atom stereocenters. The number of hydrogen-bond acceptors (Lipinski definition) is 3. The maximum Gasteiger partial charge on any atom is 0.159 e. The van der Waals surface area contributed by atoms with Crippen LogP contribution >= 0.6 is 34.2 Å². The van der Waals surface area contributed by atoms with E-state index in [2.05, 4.69) is 27.6 Å². The molecule has 1 aliphatic rings. The molecule has 3 rings (SSSR count). The average molecular weight is 402 g/mol. The van der Waals surface area contributed by atoms with E-state index in [1.807, 2.05) is 18.2 Å². The third kappa shape index (κ3) is 2.76. The van der Waals surface area contributed by atoms with Crippen LogP contribution in [0, 0.1) is 3.57 Å². The lowest BCUT2D eigenvalue weighted by molar-refractivity contribution is -0.122. The lowest BCUT2D eigenvalue weighted by atomic mass is 9.96. The molecule has 0 aliphatic heterocycles. The fourth-order valence-electron chi connectivity index (χ4n) is 2.51. The molecule has 1 fully saturated rings. The van der Waals surface area contributed by atoms with E-state index in [4.69, 9.17) is 16.3 Å². The van der Waals surface area contributed by atoms with Gasteiger partial charge in [-0.15, -0.1) is 0 Å². The summed E-state index contributed by atoms with van der Waals surface area (Å²) in [4.78, 5) is 15.9. The van der Waals surface area contributed by atoms with Gasteiger partial charge in [-0.3, -0.25) is 9.78 Å². The number of nitrogens with zero attached hydrogens (tertiary/aromatic N) is 1. The highest BCUT2D eigenvalue weighted by molar-refractivity contribution is 14.1. The predicted molar refractivity (Wildman–Crippen MR) is 87.4 cm³/mol. The zero-order valence-electron chi connectivity index (χ0n) is 10.7. The topological polar surface area (TPSA) is 39.2 Å². The van der Waals surface area contributed by atoms with Crippen molar-refractivity contribution in [3.8, 4) is 5.75 Å². The fraction of sp³-hybridized carbons (Fsp3) is 0.333. The lowest BCUT2D eigenvalue weighted by Gasteiger charge is -2.23. The normalized spacial score (nSPS) is 19.3. The van der Waals surface area contributed by atoms with Crippen LogP contribution in [0.1, 0.15) is 25.7 Å². The van der Waals surface area contributed by atoms with Crippen molar-refractivity contribution in [3.05, 3.63) is 33.0 Å². The third-order valence-electron chi connectivity index (χ3n) is 3.47. The number of ketones is 1. The molecule has 0 N–H and O–H groups in total. The minimum Gasteiger partial charge on any atom is -0.487 e. The molecule has 1 aliphatic carbocycles. The van der Waals surface area contributed by atoms with E-state index in [0.29, 0.717) is 17.9 Å². The summed E-state index contributed by atoms with van der Waals surface area (Å²) in [6.07, 6.45) is 4.67. The Bertz CT molecular complexity index is 674. The molecule has 104 valence electrons. The van der Waals surface area contributed by atoms with Gasteiger partial charge in [0.2, 0.25) is 0 Å². The SMILES string of the molecule is O=C1CCCC(Oc2c(I)cc(Cl)c3cccnc23)C1. The van der Waals surface area contributed by atoms with Crippen molar-refractivity contribution < 1.29 is 9.53 Å². The summed E-state index contributed by atoms with van der Waals surface area (Å²) < 4.78 is 7.00. The van der Waals surface area contributed by atoms with E-state index in [9.17, 15) is 4.79 Å². The first-order valence-electron chi connectivity index (χ1n) is 6.56. The number of pyridine rings is 1. The van der Waals surface area contributed by atoms with E-state index in [-0.39, 0.29) is 11.9 Å². The lowest BCUT2D eigenvalue weighted by Crippen LogP contribution is -2.25. The molecule has 3 nitrogen and oxygen atoms in total. The van der Waals surface area contributed by atoms with Gasteiger partial charge in [-0.1, -0.05) is 11.6 Å². The molecule has 0 bridgehead atoms. The molecular formula is C15H13ClINO2. The first-order chi connectivity index (χ1) is 9.65. The Kier molecular flexibility index (Phi) is 4.12. The van der Waals surface area contributed by atoms with Crippen LogP contribution in [0.4, 0.5) is 0 Å². The number of fused-ring (bicyclic) bond motifs is 1. The van der Waals surface area contributed by atoms with E-state index in [1.165, 1.54) is 0 Å². The zero-order valence-corrected chi connectivity index (χ0v) is 13.6. The van der Waals surface area contributed by atoms with Gasteiger partial charge in [0.25, 0.3) is 0 Å². The highest BCUT2D eigenvalue weighted by Crippen LogP contribution is 2.36. The first kappa shape index (κ1) is 14.1. The standard InChI is InChI=1S/C15H13ClINO2/c16-12-8-13(17)15(14-11(12)5-2-6-18-14)20-10-4-1-3-9(19)7-10/h2,5-6,8,10H,1,3-4,7H2. The van der Waals surface area contributed by atoms with E-state index < -0.39 is 0 Å². The van der Waals surface area contributed by atoms with Gasteiger partial charge in [0.05, 0.1) is 8.59 Å². The second kappa shape index (κ2) is 5.85. The second-order valence-electron chi connectivity index (χ2n) is 4.94. The van der Waals surface area contributed by atoms with E-state index in [1.54, 1.807) is 6.20 Å². The molecule has 0 amide bonds. The summed E-state index contributed by atoms with van der Waals surface area (Å²) in [6, 6.07) is 5.67. The fourth-order valence-corrected chi connectivity index (χ4v) is 3.65. The van der Waals surface area contributed by atoms with Crippen LogP contribution in [0.15, 0.2) is 24.4 Å². The van der Waals surface area contributed by atoms with Crippen molar-refractivity contribution >= 4 is 50.9 Å². The van der Waals surface area contributed by atoms with Crippen molar-refractivity contribution in [2.45, 2.75) is 31.8 Å². The minimum atomic E-state index is -0.0452. The second-order valence-corrected chi connectivity index (χ2v) is 6.51. The van der Waals surface area contributed by atoms with Crippen molar-refractivity contribution in [2.24, 2.45) is 0 Å². The smallest absolute Gasteiger partial charge is 0.159 e. The highest BCUT2D eigenvalue weighted by atomic mass is 127. The number of aromatic nitrogens is 1. The van der Waals surface area contributed by atoms with Gasteiger partial charge in [-0.25, -0.2) is 0 Å². The first-order valence-corrected chi connectivity index (χ1v) is 8.02. The Morgan fingerprint density at radius 2 is 2.30 bits per heavy atom. The van der Waals surface area contributed by atoms with Crippen LogP contribution in [-0.2, 0) is 4.79 Å². The van der Waals surface area contributed by atoms with Crippen LogP contribution in [-0.4, -0.2) is 16.9 Å². The summed E-state index contributed by atoms with van der Waals surface area (Å²) in [7, 11) is 0. The summed E-state index contributed by atoms with van der Waals surface area (Å²) in [5, 5.41) is 1.55. The van der Waals surface area contributed by atoms with Gasteiger partial charge in [-0.05, 0) is 53.6 Å². The van der Waals surface area contributed by atoms with Crippen molar-refractivity contribution in [3.63, 3.8) is 0 Å². The minimum absolute atomic E-state index is 0.0452. The van der Waals surface area contributed by atoms with Crippen LogP contribution < -0.4 is 4.74 Å². The van der Waals surface area contributed by atoms with E-state index >= 15 is 0 Å². The quantitative estimate of drug-likeness (QED) is 0.701. The number of Topliss-reactive ketones (excluding diaryl/α,β-unsaturated/α-hetero) is 1. The molecule has 2 aromatic rings. The Balaban J connectivity index is 2.00. The van der Waals surface area contributed by atoms with Crippen LogP contribution in [0.2, 0.25) is 5.02 Å². The predicted octanol–water partition coefficient (Wildman–Crippen LogP) is 4.38. The number of halogens is 2. The monoisotopic (exact) mass is 401 g/mol. The number of benzene rings is 1. The maximum absolute atomic E-state index is 11.5. The van der Waals surface area contributed by atoms with Gasteiger partial charge in [-0.2, -0.15) is 0 Å². The Labute approximate surface area is 135 Å². The molecule has 20 heavy (non-hydrogen) atoms. The summed E-state index contributed by atoms with van der Waals surface area (Å²) in [5.74, 6) is 1.02. The molecule has 1 heterocycles. The zero-order chi connectivity index (χ0) is 14.1. The largest absolute Gasteiger partial charge is 0.487 e. The molecule has 1 saturated carbocycles. The molecule has 0 spiro atoms. The number of carbonyl (C=O) groups excluding carboxylic acids is 1. The van der Waals surface area contributed by atoms with Crippen molar-refractivity contribution in [2.75, 3.05) is 0 Å². The van der Waals surface area contributed by atoms with Crippen LogP contribution in [0.3, 0.4) is 0 Å². The summed E-state index contributed by atoms with van der Waals surface area (Å²) in [6.45, 7) is 0. The van der Waals surface area contributed by atoms with Gasteiger partial charge in [0.1, 0.15) is 17.4 Å². The van der Waals surface area contributed by atoms with Gasteiger partial charge >= 0.3 is 0 Å². The van der Waals surface area contributed by atoms with Crippen molar-refractivity contribution in [1.29, 1.82) is 0 Å². The average Bonchev–Trinajstić information content (AvgIpc) is 2.43. The number of ether oxygens (including phenoxy) is 1. The molecule has 0 radical (unpaired) electrons. The van der Waals surface area contributed by atoms with Gasteiger partial charge in [0.15, 0.2) is 5.75 Å². The molecule has 1 unspecified atom stereocenters. The third-order valence-corrected chi connectivity index (χ3v) is 4.59. The van der Waals surface area contributed by atoms with Gasteiger partial charge in [0, 0.05) is 24.4 Å². The summed E-state index contributed by atoms with van der Waals surface area (Å²) >= 11 is 8.45. The Morgan fingerprint density at radius 1 is 1.45 bits per heavy atom. The molecule has 1 aromatic carbocycles. The number of rotatable bonds is 2. The molecular weight excluding hydrogens is 389 g/mol. The molecule has 1 aromatic heterocycles. The molecule has 5 heteroatoms. The number of hydrogen-bond donors (Lipinski definition) is 0. The maximum atomic E-state index is 11.5. The Hall–Kier alpha value is -0.880. The van der Waals surface area contributed by atoms with Gasteiger partial charge < -0.3 is 4.74 Å². The Morgan fingerprint density at radius 3 is 3.10 bits per heavy atom. The van der Waals surface area contributed by atoms with Crippen LogP contribution in [0.5, 0.6) is 5.75 Å². The molecule has 0 saturated heterocycles. The summed E-state index contributed by atoms with van der Waals surface area (Å²) in [5.41, 5.74) is 0.766. The van der Waals surface area contributed by atoms with Crippen molar-refractivity contribution in [1.82, 2.24) is 4.98 Å². The highest BCUT2D eigenvalue weighted by Gasteiger charge is 2.23.